The highest BCUT2D eigenvalue weighted by atomic mass is 32.2. The zero-order chi connectivity index (χ0) is 25.0. The molecule has 0 bridgehead atoms. The van der Waals surface area contributed by atoms with Crippen LogP contribution >= 0.6 is 23.1 Å². The smallest absolute Gasteiger partial charge is 0.358 e. The second-order valence-corrected chi connectivity index (χ2v) is 9.29. The van der Waals surface area contributed by atoms with E-state index in [2.05, 4.69) is 22.0 Å². The molecule has 2 atom stereocenters. The van der Waals surface area contributed by atoms with Crippen molar-refractivity contribution in [2.24, 2.45) is 11.1 Å². The number of rotatable bonds is 9. The van der Waals surface area contributed by atoms with Gasteiger partial charge < -0.3 is 25.4 Å². The van der Waals surface area contributed by atoms with E-state index < -0.39 is 42.0 Å². The molecular weight excluding hydrogens is 486 g/mol. The maximum Gasteiger partial charge on any atom is 0.358 e. The Morgan fingerprint density at radius 2 is 2.15 bits per heavy atom. The van der Waals surface area contributed by atoms with Crippen molar-refractivity contribution in [1.82, 2.24) is 15.2 Å². The van der Waals surface area contributed by atoms with Crippen molar-refractivity contribution >= 4 is 57.7 Å². The molecule has 182 valence electrons. The van der Waals surface area contributed by atoms with Crippen molar-refractivity contribution in [2.75, 3.05) is 25.4 Å². The molecule has 0 radical (unpaired) electrons. The van der Waals surface area contributed by atoms with Crippen molar-refractivity contribution in [3.8, 4) is 0 Å². The summed E-state index contributed by atoms with van der Waals surface area (Å²) in [5.74, 6) is -2.61. The van der Waals surface area contributed by atoms with Gasteiger partial charge in [-0.1, -0.05) is 31.7 Å². The van der Waals surface area contributed by atoms with E-state index in [0.717, 1.165) is 11.3 Å². The van der Waals surface area contributed by atoms with E-state index in [0.29, 0.717) is 11.3 Å². The summed E-state index contributed by atoms with van der Waals surface area (Å²) in [5, 5.41) is 7.53. The zero-order valence-electron chi connectivity index (χ0n) is 18.6. The summed E-state index contributed by atoms with van der Waals surface area (Å²) in [6.07, 6.45) is 1.45. The maximum atomic E-state index is 12.9. The molecule has 2 aliphatic heterocycles. The Labute approximate surface area is 203 Å². The average Bonchev–Trinajstić information content (AvgIpc) is 3.24. The summed E-state index contributed by atoms with van der Waals surface area (Å²) in [5.41, 5.74) is 6.17. The first-order valence-corrected chi connectivity index (χ1v) is 11.9. The summed E-state index contributed by atoms with van der Waals surface area (Å²) >= 11 is 2.46. The molecule has 14 heteroatoms. The van der Waals surface area contributed by atoms with Crippen LogP contribution in [0.5, 0.6) is 0 Å². The minimum atomic E-state index is -0.927. The molecule has 0 aliphatic carbocycles. The van der Waals surface area contributed by atoms with Gasteiger partial charge in [-0.25, -0.2) is 9.78 Å². The average molecular weight is 510 g/mol. The van der Waals surface area contributed by atoms with Gasteiger partial charge >= 0.3 is 11.9 Å². The van der Waals surface area contributed by atoms with Crippen molar-refractivity contribution in [3.63, 3.8) is 0 Å². The minimum Gasteiger partial charge on any atom is -0.428 e. The number of hydrogen-bond donors (Lipinski definition) is 2. The van der Waals surface area contributed by atoms with E-state index in [1.165, 1.54) is 35.2 Å². The van der Waals surface area contributed by atoms with E-state index in [1.54, 1.807) is 13.8 Å². The van der Waals surface area contributed by atoms with Crippen LogP contribution in [0.15, 0.2) is 34.5 Å². The van der Waals surface area contributed by atoms with E-state index in [-0.39, 0.29) is 28.2 Å². The fourth-order valence-corrected chi connectivity index (χ4v) is 4.95. The van der Waals surface area contributed by atoms with Crippen molar-refractivity contribution in [1.29, 1.82) is 0 Å². The third-order valence-electron chi connectivity index (χ3n) is 4.75. The number of oxime groups is 1. The topological polar surface area (TPSA) is 163 Å². The molecule has 3 N–H and O–H groups in total. The monoisotopic (exact) mass is 509 g/mol. The molecule has 0 spiro atoms. The van der Waals surface area contributed by atoms with Gasteiger partial charge in [0.15, 0.2) is 10.8 Å². The summed E-state index contributed by atoms with van der Waals surface area (Å²) in [4.78, 5) is 60.0. The molecule has 1 aromatic rings. The highest BCUT2D eigenvalue weighted by molar-refractivity contribution is 8.00. The Balaban J connectivity index is 1.71. The number of β-lactam (4-membered cyclic amide) rings is 1. The van der Waals surface area contributed by atoms with Crippen molar-refractivity contribution in [2.45, 2.75) is 25.3 Å². The Morgan fingerprint density at radius 3 is 2.74 bits per heavy atom. The van der Waals surface area contributed by atoms with Crippen LogP contribution in [0.3, 0.4) is 0 Å². The number of esters is 2. The van der Waals surface area contributed by atoms with Crippen LogP contribution in [0.1, 0.15) is 19.5 Å². The Hall–Kier alpha value is -3.39. The van der Waals surface area contributed by atoms with E-state index in [1.807, 2.05) is 0 Å². The van der Waals surface area contributed by atoms with Crippen LogP contribution in [-0.4, -0.2) is 70.4 Å². The number of ether oxygens (including phenoxy) is 2. The van der Waals surface area contributed by atoms with Gasteiger partial charge in [0.05, 0.1) is 5.92 Å². The second-order valence-electron chi connectivity index (χ2n) is 7.30. The molecule has 34 heavy (non-hydrogen) atoms. The summed E-state index contributed by atoms with van der Waals surface area (Å²) in [7, 11) is 1.27. The number of aromatic nitrogens is 1. The zero-order valence-corrected chi connectivity index (χ0v) is 20.2. The number of carbonyl (C=O) groups excluding carboxylic acids is 4. The standard InChI is InChI=1S/C20H23N5O7S2/c1-5-10-6-33-17-13(23-15(26)12(24-30-4)11-7-34-20(21)22-11)16(27)25(17)14(10)19(29)32-8-31-18(28)9(2)3/h5,7,9,13,17H,1,6,8H2,2-4H3,(H2,21,22)(H,23,26)/t13?,17-/m0/s1. The number of carbonyl (C=O) groups is 4. The molecule has 12 nitrogen and oxygen atoms in total. The van der Waals surface area contributed by atoms with Crippen LogP contribution in [0.2, 0.25) is 0 Å². The maximum absolute atomic E-state index is 12.9. The van der Waals surface area contributed by atoms with Gasteiger partial charge in [-0.15, -0.1) is 23.1 Å². The lowest BCUT2D eigenvalue weighted by atomic mass is 10.0. The minimum absolute atomic E-state index is 0.00657. The predicted octanol–water partition coefficient (Wildman–Crippen LogP) is 0.616. The number of amides is 2. The van der Waals surface area contributed by atoms with Gasteiger partial charge in [-0.2, -0.15) is 0 Å². The first-order valence-electron chi connectivity index (χ1n) is 9.97. The lowest BCUT2D eigenvalue weighted by Crippen LogP contribution is -2.71. The summed E-state index contributed by atoms with van der Waals surface area (Å²) in [6, 6.07) is -0.927. The SMILES string of the molecule is C=CC1=C(C(=O)OCOC(=O)C(C)C)N2C(=O)C(NC(=O)C(=NOC)c3csc(N)n3)[C@@H]2SC1. The summed E-state index contributed by atoms with van der Waals surface area (Å²) in [6.45, 7) is 6.39. The van der Waals surface area contributed by atoms with Gasteiger partial charge in [0, 0.05) is 11.1 Å². The van der Waals surface area contributed by atoms with Crippen LogP contribution < -0.4 is 11.1 Å². The van der Waals surface area contributed by atoms with E-state index in [9.17, 15) is 19.2 Å². The van der Waals surface area contributed by atoms with Gasteiger partial charge in [-0.05, 0) is 5.57 Å². The first-order chi connectivity index (χ1) is 16.2. The second kappa shape index (κ2) is 10.7. The van der Waals surface area contributed by atoms with Gasteiger partial charge in [0.25, 0.3) is 11.8 Å². The third-order valence-corrected chi connectivity index (χ3v) is 6.73. The number of thioether (sulfide) groups is 1. The molecule has 3 rings (SSSR count). The van der Waals surface area contributed by atoms with Gasteiger partial charge in [-0.3, -0.25) is 19.3 Å². The lowest BCUT2D eigenvalue weighted by molar-refractivity contribution is -0.170. The number of nitrogens with two attached hydrogens (primary N) is 1. The van der Waals surface area contributed by atoms with Crippen LogP contribution in [-0.2, 0) is 33.5 Å². The number of allylic oxidation sites excluding steroid dienone is 1. The normalized spacial score (nSPS) is 19.8. The molecule has 2 amide bonds. The summed E-state index contributed by atoms with van der Waals surface area (Å²) < 4.78 is 9.92. The molecule has 0 aromatic carbocycles. The third kappa shape index (κ3) is 5.07. The fourth-order valence-electron chi connectivity index (χ4n) is 3.07. The molecule has 3 heterocycles. The van der Waals surface area contributed by atoms with Crippen molar-refractivity contribution < 1.29 is 33.5 Å². The van der Waals surface area contributed by atoms with E-state index >= 15 is 0 Å². The Kier molecular flexibility index (Phi) is 7.94. The number of nitrogens with one attached hydrogen (secondary N) is 1. The number of fused-ring (bicyclic) bond motifs is 1. The molecule has 0 saturated carbocycles. The first kappa shape index (κ1) is 25.2. The van der Waals surface area contributed by atoms with Crippen LogP contribution in [0.25, 0.3) is 0 Å². The molecule has 1 fully saturated rings. The highest BCUT2D eigenvalue weighted by Crippen LogP contribution is 2.41. The fraction of sp³-hybridized carbons (Fsp3) is 0.400. The quantitative estimate of drug-likeness (QED) is 0.159. The number of thiazole rings is 1. The number of hydrogen-bond acceptors (Lipinski definition) is 12. The largest absolute Gasteiger partial charge is 0.428 e. The number of nitrogens with zero attached hydrogens (tertiary/aromatic N) is 3. The molecular formula is C20H23N5O7S2. The highest BCUT2D eigenvalue weighted by Gasteiger charge is 2.54. The molecule has 2 aliphatic rings. The molecule has 1 saturated heterocycles. The van der Waals surface area contributed by atoms with E-state index in [4.69, 9.17) is 20.0 Å². The molecule has 1 unspecified atom stereocenters. The predicted molar refractivity (Wildman–Crippen MR) is 124 cm³/mol. The Morgan fingerprint density at radius 1 is 1.41 bits per heavy atom. The number of anilines is 1. The van der Waals surface area contributed by atoms with Crippen molar-refractivity contribution in [3.05, 3.63) is 35.0 Å². The van der Waals surface area contributed by atoms with Gasteiger partial charge in [0.1, 0.15) is 29.9 Å². The van der Waals surface area contributed by atoms with Gasteiger partial charge in [0.2, 0.25) is 6.79 Å². The Bertz CT molecular complexity index is 1080. The lowest BCUT2D eigenvalue weighted by Gasteiger charge is -2.49. The van der Waals surface area contributed by atoms with Crippen LogP contribution in [0, 0.1) is 5.92 Å². The number of nitrogen functional groups attached to an aromatic ring is 1. The molecule has 1 aromatic heterocycles. The van der Waals surface area contributed by atoms with Crippen LogP contribution in [0.4, 0.5) is 5.13 Å².